The normalized spacial score (nSPS) is 10.1. The fourth-order valence-corrected chi connectivity index (χ4v) is 2.18. The Balaban J connectivity index is 3.01. The van der Waals surface area contributed by atoms with Crippen molar-refractivity contribution in [1.82, 2.24) is 0 Å². The first kappa shape index (κ1) is 11.5. The highest BCUT2D eigenvalue weighted by atomic mass is 127. The molecule has 1 aromatic rings. The van der Waals surface area contributed by atoms with Gasteiger partial charge in [0.1, 0.15) is 0 Å². The van der Waals surface area contributed by atoms with Crippen LogP contribution in [0.5, 0.6) is 0 Å². The number of carbonyl (C=O) groups excluding carboxylic acids is 1. The Morgan fingerprint density at radius 2 is 2.23 bits per heavy atom. The molecule has 0 bridgehead atoms. The van der Waals surface area contributed by atoms with Gasteiger partial charge in [-0.2, -0.15) is 0 Å². The largest absolute Gasteiger partial charge is 0.294 e. The van der Waals surface area contributed by atoms with Crippen LogP contribution >= 0.6 is 51.1 Å². The fraction of sp³-hybridized carbons (Fsp3) is 0.222. The minimum atomic E-state index is 0.164. The van der Waals surface area contributed by atoms with Gasteiger partial charge in [0, 0.05) is 25.8 Å². The van der Waals surface area contributed by atoms with Crippen LogP contribution in [0.1, 0.15) is 16.8 Å². The highest BCUT2D eigenvalue weighted by molar-refractivity contribution is 14.1. The third-order valence-corrected chi connectivity index (χ3v) is 3.96. The molecule has 13 heavy (non-hydrogen) atoms. The smallest absolute Gasteiger partial charge is 0.164 e. The van der Waals surface area contributed by atoms with Gasteiger partial charge in [-0.05, 0) is 28.7 Å². The van der Waals surface area contributed by atoms with Crippen molar-refractivity contribution in [3.05, 3.63) is 27.3 Å². The standard InChI is InChI=1S/C9H8BrIOS/c10-5-4-7(12)6-2-1-3-8(13)9(6)11/h1-3,13H,4-5H2. The number of carbonyl (C=O) groups is 1. The number of hydrogen-bond donors (Lipinski definition) is 1. The molecule has 0 unspecified atom stereocenters. The second-order valence-electron chi connectivity index (χ2n) is 2.50. The monoisotopic (exact) mass is 370 g/mol. The lowest BCUT2D eigenvalue weighted by Gasteiger charge is -2.03. The van der Waals surface area contributed by atoms with Crippen molar-refractivity contribution in [1.29, 1.82) is 0 Å². The van der Waals surface area contributed by atoms with E-state index in [9.17, 15) is 4.79 Å². The van der Waals surface area contributed by atoms with E-state index in [1.165, 1.54) is 0 Å². The first-order valence-corrected chi connectivity index (χ1v) is 6.38. The summed E-state index contributed by atoms with van der Waals surface area (Å²) in [5.41, 5.74) is 0.771. The summed E-state index contributed by atoms with van der Waals surface area (Å²) in [6, 6.07) is 5.58. The molecule has 1 nitrogen and oxygen atoms in total. The first-order chi connectivity index (χ1) is 6.16. The highest BCUT2D eigenvalue weighted by Crippen LogP contribution is 2.21. The number of hydrogen-bond acceptors (Lipinski definition) is 2. The Bertz CT molecular complexity index is 327. The van der Waals surface area contributed by atoms with Gasteiger partial charge in [0.15, 0.2) is 5.78 Å². The zero-order valence-corrected chi connectivity index (χ0v) is 11.4. The molecule has 4 heteroatoms. The molecule has 0 amide bonds. The van der Waals surface area contributed by atoms with Crippen LogP contribution in [0.2, 0.25) is 0 Å². The van der Waals surface area contributed by atoms with Gasteiger partial charge >= 0.3 is 0 Å². The minimum absolute atomic E-state index is 0.164. The molecule has 0 spiro atoms. The molecule has 0 atom stereocenters. The minimum Gasteiger partial charge on any atom is -0.294 e. The van der Waals surface area contributed by atoms with Gasteiger partial charge in [-0.3, -0.25) is 4.79 Å². The van der Waals surface area contributed by atoms with Crippen LogP contribution in [0.25, 0.3) is 0 Å². The maximum Gasteiger partial charge on any atom is 0.164 e. The SMILES string of the molecule is O=C(CCBr)c1cccc(S)c1I. The van der Waals surface area contributed by atoms with Gasteiger partial charge in [0.05, 0.1) is 0 Å². The average molecular weight is 371 g/mol. The van der Waals surface area contributed by atoms with Crippen molar-refractivity contribution in [3.63, 3.8) is 0 Å². The van der Waals surface area contributed by atoms with Crippen LogP contribution in [-0.4, -0.2) is 11.1 Å². The van der Waals surface area contributed by atoms with Crippen LogP contribution in [0.4, 0.5) is 0 Å². The Morgan fingerprint density at radius 3 is 2.85 bits per heavy atom. The number of ketones is 1. The number of thiol groups is 1. The molecular formula is C9H8BrIOS. The van der Waals surface area contributed by atoms with Crippen LogP contribution in [0.3, 0.4) is 0 Å². The molecule has 0 aromatic heterocycles. The van der Waals surface area contributed by atoms with Gasteiger partial charge in [0.2, 0.25) is 0 Å². The molecular weight excluding hydrogens is 363 g/mol. The van der Waals surface area contributed by atoms with Crippen molar-refractivity contribution in [2.24, 2.45) is 0 Å². The molecule has 0 radical (unpaired) electrons. The fourth-order valence-electron chi connectivity index (χ4n) is 0.956. The maximum atomic E-state index is 11.5. The lowest BCUT2D eigenvalue weighted by atomic mass is 10.1. The molecule has 1 rings (SSSR count). The molecule has 0 saturated carbocycles. The Hall–Kier alpha value is 0.450. The number of Topliss-reactive ketones (excluding diaryl/α,β-unsaturated/α-hetero) is 1. The Morgan fingerprint density at radius 1 is 1.54 bits per heavy atom. The topological polar surface area (TPSA) is 17.1 Å². The van der Waals surface area contributed by atoms with Gasteiger partial charge < -0.3 is 0 Å². The van der Waals surface area contributed by atoms with Crippen molar-refractivity contribution < 1.29 is 4.79 Å². The average Bonchev–Trinajstić information content (AvgIpc) is 2.10. The second kappa shape index (κ2) is 5.36. The molecule has 1 aromatic carbocycles. The number of benzene rings is 1. The van der Waals surface area contributed by atoms with Gasteiger partial charge in [-0.1, -0.05) is 28.1 Å². The molecule has 0 aliphatic carbocycles. The van der Waals surface area contributed by atoms with Crippen molar-refractivity contribution in [2.75, 3.05) is 5.33 Å². The number of halogens is 2. The molecule has 0 fully saturated rings. The summed E-state index contributed by atoms with van der Waals surface area (Å²) in [6.45, 7) is 0. The highest BCUT2D eigenvalue weighted by Gasteiger charge is 2.10. The van der Waals surface area contributed by atoms with E-state index in [2.05, 4.69) is 51.1 Å². The summed E-state index contributed by atoms with van der Waals surface area (Å²) in [4.78, 5) is 12.4. The number of rotatable bonds is 3. The quantitative estimate of drug-likeness (QED) is 0.372. The van der Waals surface area contributed by atoms with Gasteiger partial charge in [0.25, 0.3) is 0 Å². The van der Waals surface area contributed by atoms with Crippen molar-refractivity contribution in [2.45, 2.75) is 11.3 Å². The van der Waals surface area contributed by atoms with Crippen LogP contribution in [0, 0.1) is 3.57 Å². The lowest BCUT2D eigenvalue weighted by molar-refractivity contribution is 0.0989. The Kier molecular flexibility index (Phi) is 4.75. The predicted octanol–water partition coefficient (Wildman–Crippen LogP) is 3.55. The number of alkyl halides is 1. The summed E-state index contributed by atoms with van der Waals surface area (Å²) in [7, 11) is 0. The molecule has 0 aliphatic rings. The van der Waals surface area contributed by atoms with Gasteiger partial charge in [-0.15, -0.1) is 12.6 Å². The maximum absolute atomic E-state index is 11.5. The van der Waals surface area contributed by atoms with Crippen LogP contribution < -0.4 is 0 Å². The first-order valence-electron chi connectivity index (χ1n) is 3.73. The van der Waals surface area contributed by atoms with E-state index in [0.29, 0.717) is 11.8 Å². The summed E-state index contributed by atoms with van der Waals surface area (Å²) >= 11 is 9.65. The zero-order valence-electron chi connectivity index (χ0n) is 6.76. The van der Waals surface area contributed by atoms with E-state index in [-0.39, 0.29) is 5.78 Å². The van der Waals surface area contributed by atoms with E-state index in [0.717, 1.165) is 14.0 Å². The van der Waals surface area contributed by atoms with E-state index in [1.54, 1.807) is 0 Å². The molecule has 0 N–H and O–H groups in total. The van der Waals surface area contributed by atoms with E-state index >= 15 is 0 Å². The summed E-state index contributed by atoms with van der Waals surface area (Å²) in [5.74, 6) is 0.164. The predicted molar refractivity (Wildman–Crippen MR) is 69.2 cm³/mol. The van der Waals surface area contributed by atoms with Crippen molar-refractivity contribution >= 4 is 56.9 Å². The Labute approximate surface area is 105 Å². The van der Waals surface area contributed by atoms with E-state index in [4.69, 9.17) is 0 Å². The van der Waals surface area contributed by atoms with Crippen molar-refractivity contribution in [3.8, 4) is 0 Å². The molecule has 0 heterocycles. The second-order valence-corrected chi connectivity index (χ2v) is 4.85. The summed E-state index contributed by atoms with van der Waals surface area (Å²) in [5, 5.41) is 0.707. The lowest BCUT2D eigenvalue weighted by Crippen LogP contribution is -2.02. The molecule has 0 saturated heterocycles. The molecule has 70 valence electrons. The summed E-state index contributed by atoms with van der Waals surface area (Å²) < 4.78 is 0.939. The third-order valence-electron chi connectivity index (χ3n) is 1.60. The zero-order chi connectivity index (χ0) is 9.84. The van der Waals surface area contributed by atoms with E-state index < -0.39 is 0 Å². The molecule has 0 aliphatic heterocycles. The third kappa shape index (κ3) is 2.95. The van der Waals surface area contributed by atoms with Gasteiger partial charge in [-0.25, -0.2) is 0 Å². The van der Waals surface area contributed by atoms with Crippen LogP contribution in [0.15, 0.2) is 23.1 Å². The van der Waals surface area contributed by atoms with Crippen LogP contribution in [-0.2, 0) is 0 Å². The van der Waals surface area contributed by atoms with E-state index in [1.807, 2.05) is 18.2 Å². The summed E-state index contributed by atoms with van der Waals surface area (Å²) in [6.07, 6.45) is 0.535.